The second-order valence-electron chi connectivity index (χ2n) is 7.38. The Hall–Kier alpha value is -2.44. The van der Waals surface area contributed by atoms with Gasteiger partial charge >= 0.3 is 0 Å². The lowest BCUT2D eigenvalue weighted by molar-refractivity contribution is 0.510. The maximum absolute atomic E-state index is 4.75. The van der Waals surface area contributed by atoms with Crippen molar-refractivity contribution in [2.24, 2.45) is 7.05 Å². The Bertz CT molecular complexity index is 854. The first-order valence-electron chi connectivity index (χ1n) is 8.20. The topological polar surface area (TPSA) is 73.5 Å². The summed E-state index contributed by atoms with van der Waals surface area (Å²) in [7, 11) is 1.90. The molecule has 1 atom stereocenters. The van der Waals surface area contributed by atoms with E-state index in [9.17, 15) is 0 Å². The van der Waals surface area contributed by atoms with Gasteiger partial charge in [0.05, 0.1) is 23.8 Å². The van der Waals surface area contributed by atoms with Crippen molar-refractivity contribution >= 4 is 16.9 Å². The molecule has 0 bridgehead atoms. The quantitative estimate of drug-likeness (QED) is 0.797. The molecular formula is C17H25N7. The Kier molecular flexibility index (Phi) is 4.03. The normalized spacial score (nSPS) is 13.4. The fourth-order valence-electron chi connectivity index (χ4n) is 2.50. The van der Waals surface area contributed by atoms with Crippen molar-refractivity contribution in [2.45, 2.75) is 46.1 Å². The summed E-state index contributed by atoms with van der Waals surface area (Å²) < 4.78 is 3.76. The third-order valence-electron chi connectivity index (χ3n) is 4.01. The predicted molar refractivity (Wildman–Crippen MR) is 95.2 cm³/mol. The van der Waals surface area contributed by atoms with Gasteiger partial charge in [-0.15, -0.1) is 0 Å². The van der Waals surface area contributed by atoms with E-state index < -0.39 is 0 Å². The van der Waals surface area contributed by atoms with E-state index in [1.165, 1.54) is 0 Å². The molecule has 0 saturated heterocycles. The van der Waals surface area contributed by atoms with E-state index in [1.54, 1.807) is 4.68 Å². The first-order valence-corrected chi connectivity index (χ1v) is 8.20. The highest BCUT2D eigenvalue weighted by atomic mass is 15.3. The minimum Gasteiger partial charge on any atom is -0.367 e. The third-order valence-corrected chi connectivity index (χ3v) is 4.01. The predicted octanol–water partition coefficient (Wildman–Crippen LogP) is 2.84. The molecule has 0 amide bonds. The molecule has 0 aliphatic carbocycles. The molecule has 0 aliphatic rings. The molecule has 3 aromatic rings. The number of aryl methyl sites for hydroxylation is 2. The SMILES string of the molecule is Cc1cnn(C(C)CNc2nc(C(C)(C)C)nc3c2cnn3C)c1. The Morgan fingerprint density at radius 2 is 1.92 bits per heavy atom. The van der Waals surface area contributed by atoms with Crippen molar-refractivity contribution in [1.82, 2.24) is 29.5 Å². The highest BCUT2D eigenvalue weighted by molar-refractivity contribution is 5.86. The molecule has 1 unspecified atom stereocenters. The summed E-state index contributed by atoms with van der Waals surface area (Å²) in [6.45, 7) is 11.2. The zero-order valence-electron chi connectivity index (χ0n) is 15.2. The maximum Gasteiger partial charge on any atom is 0.163 e. The van der Waals surface area contributed by atoms with Crippen LogP contribution in [0.5, 0.6) is 0 Å². The van der Waals surface area contributed by atoms with Crippen LogP contribution in [0.4, 0.5) is 5.82 Å². The minimum absolute atomic E-state index is 0.125. The number of nitrogens with zero attached hydrogens (tertiary/aromatic N) is 6. The zero-order valence-corrected chi connectivity index (χ0v) is 15.2. The van der Waals surface area contributed by atoms with Gasteiger partial charge in [0.15, 0.2) is 5.65 Å². The standard InChI is InChI=1S/C17H25N7/c1-11-7-20-24(10-11)12(2)8-18-14-13-9-19-23(6)15(13)22-16(21-14)17(3,4)5/h7,9-10,12H,8H2,1-6H3,(H,18,21,22). The molecule has 0 fully saturated rings. The Labute approximate surface area is 142 Å². The van der Waals surface area contributed by atoms with Gasteiger partial charge in [-0.05, 0) is 19.4 Å². The van der Waals surface area contributed by atoms with Gasteiger partial charge in [0.1, 0.15) is 11.6 Å². The monoisotopic (exact) mass is 327 g/mol. The molecular weight excluding hydrogens is 302 g/mol. The van der Waals surface area contributed by atoms with Crippen LogP contribution in [-0.4, -0.2) is 36.1 Å². The first-order chi connectivity index (χ1) is 11.3. The molecule has 3 aromatic heterocycles. The molecule has 7 heteroatoms. The number of rotatable bonds is 4. The average molecular weight is 327 g/mol. The number of hydrogen-bond donors (Lipinski definition) is 1. The second kappa shape index (κ2) is 5.89. The third kappa shape index (κ3) is 3.11. The molecule has 128 valence electrons. The van der Waals surface area contributed by atoms with Crippen LogP contribution in [0.1, 0.15) is 45.1 Å². The fourth-order valence-corrected chi connectivity index (χ4v) is 2.50. The van der Waals surface area contributed by atoms with Gasteiger partial charge in [-0.1, -0.05) is 20.8 Å². The van der Waals surface area contributed by atoms with Crippen LogP contribution in [-0.2, 0) is 12.5 Å². The minimum atomic E-state index is -0.125. The smallest absolute Gasteiger partial charge is 0.163 e. The van der Waals surface area contributed by atoms with Gasteiger partial charge < -0.3 is 5.32 Å². The molecule has 0 saturated carbocycles. The number of anilines is 1. The fraction of sp³-hybridized carbons (Fsp3) is 0.529. The van der Waals surface area contributed by atoms with Gasteiger partial charge in [0.2, 0.25) is 0 Å². The van der Waals surface area contributed by atoms with Crippen molar-refractivity contribution in [2.75, 3.05) is 11.9 Å². The highest BCUT2D eigenvalue weighted by Crippen LogP contribution is 2.26. The molecule has 0 aliphatic heterocycles. The van der Waals surface area contributed by atoms with Crippen LogP contribution in [0.2, 0.25) is 0 Å². The molecule has 0 radical (unpaired) electrons. The summed E-state index contributed by atoms with van der Waals surface area (Å²) in [5, 5.41) is 13.1. The van der Waals surface area contributed by atoms with Crippen LogP contribution in [0.3, 0.4) is 0 Å². The summed E-state index contributed by atoms with van der Waals surface area (Å²) in [5.74, 6) is 1.64. The lowest BCUT2D eigenvalue weighted by atomic mass is 9.95. The van der Waals surface area contributed by atoms with Gasteiger partial charge in [0, 0.05) is 25.2 Å². The van der Waals surface area contributed by atoms with Crippen molar-refractivity contribution in [1.29, 1.82) is 0 Å². The molecule has 7 nitrogen and oxygen atoms in total. The van der Waals surface area contributed by atoms with Crippen molar-refractivity contribution < 1.29 is 0 Å². The summed E-state index contributed by atoms with van der Waals surface area (Å²) >= 11 is 0. The van der Waals surface area contributed by atoms with E-state index in [1.807, 2.05) is 37.2 Å². The van der Waals surface area contributed by atoms with Crippen molar-refractivity contribution in [3.63, 3.8) is 0 Å². The van der Waals surface area contributed by atoms with Crippen molar-refractivity contribution in [3.05, 3.63) is 30.0 Å². The molecule has 3 heterocycles. The molecule has 0 aromatic carbocycles. The first kappa shape index (κ1) is 16.4. The number of hydrogen-bond acceptors (Lipinski definition) is 5. The maximum atomic E-state index is 4.75. The van der Waals surface area contributed by atoms with Gasteiger partial charge in [-0.2, -0.15) is 10.2 Å². The summed E-state index contributed by atoms with van der Waals surface area (Å²) in [5.41, 5.74) is 1.88. The largest absolute Gasteiger partial charge is 0.367 e. The molecule has 24 heavy (non-hydrogen) atoms. The lowest BCUT2D eigenvalue weighted by Crippen LogP contribution is -2.20. The number of aromatic nitrogens is 6. The van der Waals surface area contributed by atoms with Crippen LogP contribution >= 0.6 is 0 Å². The summed E-state index contributed by atoms with van der Waals surface area (Å²) in [6, 6.07) is 0.221. The van der Waals surface area contributed by atoms with Crippen LogP contribution < -0.4 is 5.32 Å². The molecule has 0 spiro atoms. The van der Waals surface area contributed by atoms with Gasteiger partial charge in [0.25, 0.3) is 0 Å². The van der Waals surface area contributed by atoms with Crippen LogP contribution in [0, 0.1) is 6.92 Å². The van der Waals surface area contributed by atoms with Gasteiger partial charge in [-0.25, -0.2) is 9.97 Å². The number of fused-ring (bicyclic) bond motifs is 1. The van der Waals surface area contributed by atoms with Crippen molar-refractivity contribution in [3.8, 4) is 0 Å². The molecule has 3 rings (SSSR count). The Morgan fingerprint density at radius 1 is 1.17 bits per heavy atom. The van der Waals surface area contributed by atoms with E-state index in [2.05, 4.69) is 48.2 Å². The summed E-state index contributed by atoms with van der Waals surface area (Å²) in [4.78, 5) is 9.44. The summed E-state index contributed by atoms with van der Waals surface area (Å²) in [6.07, 6.45) is 5.73. The van der Waals surface area contributed by atoms with E-state index in [0.717, 1.165) is 34.8 Å². The lowest BCUT2D eigenvalue weighted by Gasteiger charge is -2.19. The number of nitrogens with one attached hydrogen (secondary N) is 1. The Balaban J connectivity index is 1.90. The Morgan fingerprint density at radius 3 is 2.54 bits per heavy atom. The van der Waals surface area contributed by atoms with Gasteiger partial charge in [-0.3, -0.25) is 9.36 Å². The average Bonchev–Trinajstić information content (AvgIpc) is 3.10. The van der Waals surface area contributed by atoms with Crippen LogP contribution in [0.15, 0.2) is 18.6 Å². The zero-order chi connectivity index (χ0) is 17.5. The van der Waals surface area contributed by atoms with Crippen LogP contribution in [0.25, 0.3) is 11.0 Å². The second-order valence-corrected chi connectivity index (χ2v) is 7.38. The molecule has 1 N–H and O–H groups in total. The van der Waals surface area contributed by atoms with E-state index >= 15 is 0 Å². The highest BCUT2D eigenvalue weighted by Gasteiger charge is 2.21. The van der Waals surface area contributed by atoms with E-state index in [0.29, 0.717) is 0 Å². The van der Waals surface area contributed by atoms with E-state index in [-0.39, 0.29) is 11.5 Å². The van der Waals surface area contributed by atoms with E-state index in [4.69, 9.17) is 4.98 Å².